The summed E-state index contributed by atoms with van der Waals surface area (Å²) in [6.45, 7) is 0.121. The van der Waals surface area contributed by atoms with E-state index >= 15 is 0 Å². The van der Waals surface area contributed by atoms with Crippen molar-refractivity contribution in [3.8, 4) is 0 Å². The standard InChI is InChI=1S/C21H22N6O4/c22-15(8-13-7-12-3-1-2-4-16(12)26-13)21(29)30-9-14-5-6-17(31-14)27-11-25-18-19(27)23-10-24-20(18)28/h1-4,7,10-11,14-15,17,26H,5-6,8-9,22H2,(H,23,24,28)/t14-,15-,17+/m0/s1. The van der Waals surface area contributed by atoms with Gasteiger partial charge in [0.25, 0.3) is 5.56 Å². The lowest BCUT2D eigenvalue weighted by atomic mass is 10.1. The maximum absolute atomic E-state index is 12.4. The van der Waals surface area contributed by atoms with Gasteiger partial charge in [0.1, 0.15) is 18.9 Å². The molecule has 0 spiro atoms. The first-order valence-electron chi connectivity index (χ1n) is 10.1. The summed E-state index contributed by atoms with van der Waals surface area (Å²) >= 11 is 0. The number of nitrogens with zero attached hydrogens (tertiary/aromatic N) is 3. The number of hydrogen-bond acceptors (Lipinski definition) is 7. The zero-order valence-corrected chi connectivity index (χ0v) is 16.7. The molecule has 3 atom stereocenters. The second kappa shape index (κ2) is 7.97. The molecule has 4 N–H and O–H groups in total. The largest absolute Gasteiger partial charge is 0.462 e. The van der Waals surface area contributed by atoms with E-state index in [4.69, 9.17) is 15.2 Å². The molecule has 31 heavy (non-hydrogen) atoms. The predicted molar refractivity (Wildman–Crippen MR) is 112 cm³/mol. The number of carbonyl (C=O) groups excluding carboxylic acids is 1. The number of imidazole rings is 1. The highest BCUT2D eigenvalue weighted by Gasteiger charge is 2.30. The molecule has 4 aromatic rings. The lowest BCUT2D eigenvalue weighted by Crippen LogP contribution is -2.36. The van der Waals surface area contributed by atoms with Crippen molar-refractivity contribution in [2.45, 2.75) is 37.6 Å². The molecule has 10 heteroatoms. The average Bonchev–Trinajstić information content (AvgIpc) is 3.49. The first kappa shape index (κ1) is 19.5. The third kappa shape index (κ3) is 3.82. The van der Waals surface area contributed by atoms with Crippen molar-refractivity contribution in [3.63, 3.8) is 0 Å². The molecule has 0 saturated carbocycles. The van der Waals surface area contributed by atoms with Crippen LogP contribution in [0.3, 0.4) is 0 Å². The summed E-state index contributed by atoms with van der Waals surface area (Å²) in [4.78, 5) is 38.2. The molecule has 5 rings (SSSR count). The Labute approximate surface area is 176 Å². The highest BCUT2D eigenvalue weighted by Crippen LogP contribution is 2.30. The molecular weight excluding hydrogens is 400 g/mol. The monoisotopic (exact) mass is 422 g/mol. The van der Waals surface area contributed by atoms with Crippen LogP contribution in [0.5, 0.6) is 0 Å². The van der Waals surface area contributed by atoms with Crippen LogP contribution in [0, 0.1) is 0 Å². The van der Waals surface area contributed by atoms with Crippen molar-refractivity contribution in [2.75, 3.05) is 6.61 Å². The van der Waals surface area contributed by atoms with Gasteiger partial charge in [-0.25, -0.2) is 9.97 Å². The Bertz CT molecular complexity index is 1260. The van der Waals surface area contributed by atoms with Gasteiger partial charge in [0.2, 0.25) is 0 Å². The number of esters is 1. The number of ether oxygens (including phenoxy) is 2. The Morgan fingerprint density at radius 2 is 2.19 bits per heavy atom. The molecule has 1 aromatic carbocycles. The van der Waals surface area contributed by atoms with E-state index in [2.05, 4.69) is 19.9 Å². The summed E-state index contributed by atoms with van der Waals surface area (Å²) < 4.78 is 13.1. The molecule has 0 radical (unpaired) electrons. The van der Waals surface area contributed by atoms with Crippen molar-refractivity contribution in [1.29, 1.82) is 0 Å². The third-order valence-electron chi connectivity index (χ3n) is 5.50. The maximum atomic E-state index is 12.4. The zero-order chi connectivity index (χ0) is 21.4. The number of hydrogen-bond donors (Lipinski definition) is 3. The first-order valence-corrected chi connectivity index (χ1v) is 10.1. The van der Waals surface area contributed by atoms with Crippen LogP contribution in [0.4, 0.5) is 0 Å². The van der Waals surface area contributed by atoms with Gasteiger partial charge < -0.3 is 25.2 Å². The van der Waals surface area contributed by atoms with E-state index in [9.17, 15) is 9.59 Å². The maximum Gasteiger partial charge on any atom is 0.323 e. The smallest absolute Gasteiger partial charge is 0.323 e. The second-order valence-corrected chi connectivity index (χ2v) is 7.67. The third-order valence-corrected chi connectivity index (χ3v) is 5.50. The van der Waals surface area contributed by atoms with Gasteiger partial charge in [-0.2, -0.15) is 0 Å². The van der Waals surface area contributed by atoms with Gasteiger partial charge in [-0.15, -0.1) is 0 Å². The number of aromatic amines is 2. The lowest BCUT2D eigenvalue weighted by molar-refractivity contribution is -0.149. The van der Waals surface area contributed by atoms with Crippen LogP contribution < -0.4 is 11.3 Å². The van der Waals surface area contributed by atoms with Crippen molar-refractivity contribution in [2.24, 2.45) is 5.73 Å². The molecule has 1 fully saturated rings. The summed E-state index contributed by atoms with van der Waals surface area (Å²) in [5.74, 6) is -0.466. The number of para-hydroxylation sites is 1. The molecule has 3 aromatic heterocycles. The predicted octanol–water partition coefficient (Wildman–Crippen LogP) is 1.39. The minimum atomic E-state index is -0.765. The molecule has 0 unspecified atom stereocenters. The van der Waals surface area contributed by atoms with Crippen molar-refractivity contribution in [1.82, 2.24) is 24.5 Å². The van der Waals surface area contributed by atoms with Gasteiger partial charge in [-0.05, 0) is 30.4 Å². The normalized spacial score (nSPS) is 19.8. The lowest BCUT2D eigenvalue weighted by Gasteiger charge is -2.16. The SMILES string of the molecule is N[C@@H](Cc1cc2ccccc2[nH]1)C(=O)OC[C@@H]1CC[C@H](n2cnc3c(=O)[nH]cnc32)O1. The molecule has 0 aliphatic carbocycles. The summed E-state index contributed by atoms with van der Waals surface area (Å²) in [6, 6.07) is 9.12. The van der Waals surface area contributed by atoms with Crippen LogP contribution in [0.15, 0.2) is 47.8 Å². The molecular formula is C21H22N6O4. The fourth-order valence-electron chi connectivity index (χ4n) is 3.93. The van der Waals surface area contributed by atoms with E-state index in [-0.39, 0.29) is 30.0 Å². The van der Waals surface area contributed by atoms with Crippen LogP contribution in [0.2, 0.25) is 0 Å². The van der Waals surface area contributed by atoms with Gasteiger partial charge in [0.15, 0.2) is 11.2 Å². The molecule has 1 aliphatic heterocycles. The molecule has 1 saturated heterocycles. The van der Waals surface area contributed by atoms with E-state index in [1.807, 2.05) is 30.3 Å². The molecule has 160 valence electrons. The van der Waals surface area contributed by atoms with Gasteiger partial charge in [-0.1, -0.05) is 18.2 Å². The van der Waals surface area contributed by atoms with E-state index in [0.717, 1.165) is 16.6 Å². The fraction of sp³-hybridized carbons (Fsp3) is 0.333. The van der Waals surface area contributed by atoms with E-state index in [1.54, 1.807) is 10.9 Å². The molecule has 1 aliphatic rings. The van der Waals surface area contributed by atoms with Crippen LogP contribution in [0.1, 0.15) is 24.8 Å². The number of benzene rings is 1. The number of H-pyrrole nitrogens is 2. The molecule has 0 bridgehead atoms. The Hall–Kier alpha value is -3.50. The zero-order valence-electron chi connectivity index (χ0n) is 16.7. The van der Waals surface area contributed by atoms with Gasteiger partial charge in [0, 0.05) is 17.6 Å². The van der Waals surface area contributed by atoms with Crippen molar-refractivity contribution < 1.29 is 14.3 Å². The van der Waals surface area contributed by atoms with E-state index in [0.29, 0.717) is 24.9 Å². The number of nitrogens with one attached hydrogen (secondary N) is 2. The number of rotatable bonds is 6. The summed E-state index contributed by atoms with van der Waals surface area (Å²) in [6.07, 6.45) is 4.08. The molecule has 0 amide bonds. The van der Waals surface area contributed by atoms with E-state index in [1.165, 1.54) is 6.33 Å². The number of fused-ring (bicyclic) bond motifs is 2. The van der Waals surface area contributed by atoms with Crippen LogP contribution in [-0.2, 0) is 20.7 Å². The van der Waals surface area contributed by atoms with Gasteiger partial charge in [0.05, 0.1) is 18.8 Å². The van der Waals surface area contributed by atoms with Crippen LogP contribution >= 0.6 is 0 Å². The highest BCUT2D eigenvalue weighted by molar-refractivity contribution is 5.81. The Balaban J connectivity index is 1.16. The molecule has 4 heterocycles. The van der Waals surface area contributed by atoms with Crippen molar-refractivity contribution >= 4 is 28.0 Å². The van der Waals surface area contributed by atoms with Crippen molar-refractivity contribution in [3.05, 3.63) is 59.0 Å². The number of carbonyl (C=O) groups is 1. The first-order chi connectivity index (χ1) is 15.1. The Kier molecular flexibility index (Phi) is 5.00. The van der Waals surface area contributed by atoms with Crippen LogP contribution in [-0.4, -0.2) is 49.2 Å². The topological polar surface area (TPSA) is 141 Å². The van der Waals surface area contributed by atoms with Gasteiger partial charge >= 0.3 is 5.97 Å². The number of nitrogens with two attached hydrogens (primary N) is 1. The Morgan fingerprint density at radius 1 is 1.32 bits per heavy atom. The minimum Gasteiger partial charge on any atom is -0.462 e. The average molecular weight is 422 g/mol. The summed E-state index contributed by atoms with van der Waals surface area (Å²) in [7, 11) is 0. The fourth-order valence-corrected chi connectivity index (χ4v) is 3.93. The van der Waals surface area contributed by atoms with Crippen LogP contribution in [0.25, 0.3) is 22.1 Å². The second-order valence-electron chi connectivity index (χ2n) is 7.67. The van der Waals surface area contributed by atoms with Gasteiger partial charge in [-0.3, -0.25) is 14.2 Å². The number of aromatic nitrogens is 5. The minimum absolute atomic E-state index is 0.121. The van der Waals surface area contributed by atoms with E-state index < -0.39 is 12.0 Å². The molecule has 10 nitrogen and oxygen atoms in total. The summed E-state index contributed by atoms with van der Waals surface area (Å²) in [5.41, 5.74) is 8.38. The quantitative estimate of drug-likeness (QED) is 0.399. The highest BCUT2D eigenvalue weighted by atomic mass is 16.6. The Morgan fingerprint density at radius 3 is 3.06 bits per heavy atom. The summed E-state index contributed by atoms with van der Waals surface area (Å²) in [5, 5.41) is 1.08.